The number of amides is 1. The number of non-ortho nitro benzene ring substituents is 1. The molecule has 1 heterocycles. The van der Waals surface area contributed by atoms with Gasteiger partial charge in [0.25, 0.3) is 0 Å². The van der Waals surface area contributed by atoms with Crippen molar-refractivity contribution in [2.24, 2.45) is 4.99 Å². The molecule has 2 rings (SSSR count). The molecule has 0 radical (unpaired) electrons. The van der Waals surface area contributed by atoms with E-state index in [1.165, 1.54) is 12.1 Å². The molecule has 1 aliphatic rings. The van der Waals surface area contributed by atoms with E-state index >= 15 is 0 Å². The number of halogens is 1. The molecule has 6 nitrogen and oxygen atoms in total. The summed E-state index contributed by atoms with van der Waals surface area (Å²) in [4.78, 5) is 26.2. The van der Waals surface area contributed by atoms with Crippen LogP contribution < -0.4 is 4.90 Å². The van der Waals surface area contributed by atoms with Gasteiger partial charge in [-0.2, -0.15) is 0 Å². The molecular weight excluding hydrogens is 325 g/mol. The number of nitro benzene ring substituents is 1. The topological polar surface area (TPSA) is 75.8 Å². The molecule has 1 fully saturated rings. The quantitative estimate of drug-likeness (QED) is 0.365. The van der Waals surface area contributed by atoms with Crippen LogP contribution in [0.25, 0.3) is 0 Å². The van der Waals surface area contributed by atoms with Gasteiger partial charge in [0.2, 0.25) is 0 Å². The Bertz CT molecular complexity index is 535. The minimum atomic E-state index is -0.496. The monoisotopic (exact) mass is 333 g/mol. The molecule has 94 valence electrons. The number of nitro groups is 1. The van der Waals surface area contributed by atoms with Gasteiger partial charge < -0.3 is 0 Å². The summed E-state index contributed by atoms with van der Waals surface area (Å²) in [5.41, 5.74) is 0.601. The summed E-state index contributed by atoms with van der Waals surface area (Å²) >= 11 is 6.18. The predicted molar refractivity (Wildman–Crippen MR) is 69.5 cm³/mol. The second-order valence-electron chi connectivity index (χ2n) is 3.41. The zero-order valence-electron chi connectivity index (χ0n) is 9.08. The standard InChI is InChI=1S/C10H8ClN3O3Se/c11-8-5-7(14(16)17)1-2-9(8)13-3-4-18-10(13)12-6-15/h1-2,5-6H,3-4H2. The van der Waals surface area contributed by atoms with Crippen LogP contribution in [0, 0.1) is 10.1 Å². The van der Waals surface area contributed by atoms with Gasteiger partial charge in [-0.15, -0.1) is 0 Å². The van der Waals surface area contributed by atoms with Crippen LogP contribution in [-0.4, -0.2) is 37.6 Å². The van der Waals surface area contributed by atoms with Crippen molar-refractivity contribution in [1.82, 2.24) is 0 Å². The molecule has 1 aromatic rings. The van der Waals surface area contributed by atoms with Crippen molar-refractivity contribution in [3.8, 4) is 0 Å². The first-order chi connectivity index (χ1) is 8.63. The van der Waals surface area contributed by atoms with Gasteiger partial charge in [-0.05, 0) is 0 Å². The van der Waals surface area contributed by atoms with Gasteiger partial charge in [0.05, 0.1) is 0 Å². The number of aliphatic imine (C=N–C) groups is 1. The number of rotatable bonds is 3. The van der Waals surface area contributed by atoms with Crippen molar-refractivity contribution in [1.29, 1.82) is 0 Å². The molecule has 0 spiro atoms. The van der Waals surface area contributed by atoms with Crippen LogP contribution >= 0.6 is 11.6 Å². The molecule has 18 heavy (non-hydrogen) atoms. The molecule has 0 aliphatic carbocycles. The Labute approximate surface area is 114 Å². The van der Waals surface area contributed by atoms with E-state index in [9.17, 15) is 14.9 Å². The van der Waals surface area contributed by atoms with Crippen molar-refractivity contribution in [3.63, 3.8) is 0 Å². The fourth-order valence-corrected chi connectivity index (χ4v) is 3.81. The van der Waals surface area contributed by atoms with Crippen LogP contribution in [0.1, 0.15) is 0 Å². The van der Waals surface area contributed by atoms with Crippen LogP contribution in [0.2, 0.25) is 10.3 Å². The first kappa shape index (κ1) is 13.0. The molecule has 0 unspecified atom stereocenters. The Balaban J connectivity index is 2.36. The van der Waals surface area contributed by atoms with Gasteiger partial charge >= 0.3 is 114 Å². The summed E-state index contributed by atoms with van der Waals surface area (Å²) in [7, 11) is 0. The van der Waals surface area contributed by atoms with E-state index in [0.717, 1.165) is 11.9 Å². The summed E-state index contributed by atoms with van der Waals surface area (Å²) < 4.78 is 0.702. The second-order valence-corrected chi connectivity index (χ2v) is 6.05. The number of hydrogen-bond acceptors (Lipinski definition) is 3. The zero-order valence-corrected chi connectivity index (χ0v) is 11.5. The average Bonchev–Trinajstić information content (AvgIpc) is 2.77. The molecule has 0 bridgehead atoms. The first-order valence-corrected chi connectivity index (χ1v) is 7.44. The molecule has 8 heteroatoms. The second kappa shape index (κ2) is 5.47. The van der Waals surface area contributed by atoms with Crippen molar-refractivity contribution in [2.45, 2.75) is 5.32 Å². The number of carbonyl (C=O) groups is 1. The van der Waals surface area contributed by atoms with Crippen LogP contribution in [0.3, 0.4) is 0 Å². The van der Waals surface area contributed by atoms with E-state index in [0.29, 0.717) is 21.9 Å². The van der Waals surface area contributed by atoms with Crippen molar-refractivity contribution >= 4 is 49.1 Å². The Morgan fingerprint density at radius 2 is 2.33 bits per heavy atom. The molecule has 0 N–H and O–H groups in total. The molecule has 0 atom stereocenters. The number of benzene rings is 1. The summed E-state index contributed by atoms with van der Waals surface area (Å²) in [6.07, 6.45) is 0.509. The summed E-state index contributed by atoms with van der Waals surface area (Å²) in [5, 5.41) is 11.8. The Hall–Kier alpha value is -1.43. The summed E-state index contributed by atoms with van der Waals surface area (Å²) in [5.74, 6) is 0. The maximum absolute atomic E-state index is 10.6. The molecule has 1 aliphatic heterocycles. The number of anilines is 1. The predicted octanol–water partition coefficient (Wildman–Crippen LogP) is 1.70. The van der Waals surface area contributed by atoms with E-state index in [1.54, 1.807) is 6.07 Å². The summed E-state index contributed by atoms with van der Waals surface area (Å²) in [6.45, 7) is 0.726. The Kier molecular flexibility index (Phi) is 3.96. The van der Waals surface area contributed by atoms with Gasteiger partial charge in [0, 0.05) is 0 Å². The third-order valence-electron chi connectivity index (χ3n) is 2.37. The van der Waals surface area contributed by atoms with Gasteiger partial charge in [-0.3, -0.25) is 0 Å². The number of nitrogens with zero attached hydrogens (tertiary/aromatic N) is 3. The normalized spacial score (nSPS) is 17.2. The summed E-state index contributed by atoms with van der Waals surface area (Å²) in [6, 6.07) is 4.29. The van der Waals surface area contributed by atoms with Crippen molar-refractivity contribution in [2.75, 3.05) is 11.4 Å². The van der Waals surface area contributed by atoms with E-state index < -0.39 is 4.92 Å². The van der Waals surface area contributed by atoms with E-state index in [2.05, 4.69) is 4.99 Å². The molecule has 0 aromatic heterocycles. The van der Waals surface area contributed by atoms with Gasteiger partial charge in [0.1, 0.15) is 0 Å². The Morgan fingerprint density at radius 1 is 1.56 bits per heavy atom. The van der Waals surface area contributed by atoms with Gasteiger partial charge in [-0.1, -0.05) is 0 Å². The first-order valence-electron chi connectivity index (χ1n) is 4.99. The van der Waals surface area contributed by atoms with E-state index in [1.807, 2.05) is 4.90 Å². The molecule has 1 aromatic carbocycles. The minimum absolute atomic E-state index is 0.0534. The van der Waals surface area contributed by atoms with Crippen molar-refractivity contribution < 1.29 is 9.72 Å². The van der Waals surface area contributed by atoms with Crippen molar-refractivity contribution in [3.05, 3.63) is 33.3 Å². The average molecular weight is 333 g/mol. The molecule has 0 saturated carbocycles. The van der Waals surface area contributed by atoms with Crippen LogP contribution in [-0.2, 0) is 4.79 Å². The van der Waals surface area contributed by atoms with Gasteiger partial charge in [0.15, 0.2) is 0 Å². The number of amidine groups is 1. The number of carbonyl (C=O) groups excluding carboxylic acids is 1. The molecule has 1 saturated heterocycles. The third-order valence-corrected chi connectivity index (χ3v) is 4.71. The van der Waals surface area contributed by atoms with E-state index in [4.69, 9.17) is 11.6 Å². The molecule has 1 amide bonds. The third kappa shape index (κ3) is 2.53. The van der Waals surface area contributed by atoms with Crippen LogP contribution in [0.15, 0.2) is 23.2 Å². The van der Waals surface area contributed by atoms with Gasteiger partial charge in [-0.25, -0.2) is 0 Å². The molecular formula is C10H8ClN3O3Se. The van der Waals surface area contributed by atoms with Crippen LogP contribution in [0.5, 0.6) is 0 Å². The number of hydrogen-bond donors (Lipinski definition) is 0. The Morgan fingerprint density at radius 3 is 2.94 bits per heavy atom. The fourth-order valence-electron chi connectivity index (χ4n) is 1.61. The van der Waals surface area contributed by atoms with Crippen LogP contribution in [0.4, 0.5) is 11.4 Å². The SMILES string of the molecule is O=CN=C1[Se]CCN1c1ccc([N+](=O)[O-])cc1Cl. The van der Waals surface area contributed by atoms with E-state index in [-0.39, 0.29) is 20.6 Å². The maximum atomic E-state index is 10.6. The zero-order chi connectivity index (χ0) is 13.1. The fraction of sp³-hybridized carbons (Fsp3) is 0.200.